The number of hydrogen-bond acceptors (Lipinski definition) is 6. The van der Waals surface area contributed by atoms with Crippen LogP contribution in [0, 0.1) is 5.92 Å². The topological polar surface area (TPSA) is 76.5 Å². The van der Waals surface area contributed by atoms with Gasteiger partial charge in [0.25, 0.3) is 0 Å². The average Bonchev–Trinajstić information content (AvgIpc) is 2.86. The number of pyridine rings is 3. The molecular formula is C26H24N6. The smallest absolute Gasteiger partial charge is 0.129 e. The predicted octanol–water partition coefficient (Wildman–Crippen LogP) is 5.49. The molecule has 2 atom stereocenters. The molecule has 0 radical (unpaired) electrons. The van der Waals surface area contributed by atoms with Crippen molar-refractivity contribution in [3.63, 3.8) is 0 Å². The maximum atomic E-state index is 4.56. The summed E-state index contributed by atoms with van der Waals surface area (Å²) in [5, 5.41) is 4.59. The second-order valence-corrected chi connectivity index (χ2v) is 8.12. The molecule has 0 aliphatic rings. The summed E-state index contributed by atoms with van der Waals surface area (Å²) < 4.78 is 0. The van der Waals surface area contributed by atoms with Gasteiger partial charge in [-0.25, -0.2) is 9.97 Å². The summed E-state index contributed by atoms with van der Waals surface area (Å²) in [7, 11) is 0. The van der Waals surface area contributed by atoms with Crippen LogP contribution in [0.3, 0.4) is 0 Å². The highest BCUT2D eigenvalue weighted by molar-refractivity contribution is 5.83. The van der Waals surface area contributed by atoms with Crippen LogP contribution in [0.5, 0.6) is 0 Å². The van der Waals surface area contributed by atoms with E-state index in [4.69, 9.17) is 0 Å². The summed E-state index contributed by atoms with van der Waals surface area (Å²) in [5.74, 6) is 1.50. The molecule has 1 aromatic carbocycles. The summed E-state index contributed by atoms with van der Waals surface area (Å²) in [6.45, 7) is 5.27. The molecule has 4 heterocycles. The van der Waals surface area contributed by atoms with Crippen LogP contribution in [0.25, 0.3) is 33.2 Å². The Balaban J connectivity index is 1.32. The number of hydrogen-bond donors (Lipinski definition) is 1. The van der Waals surface area contributed by atoms with E-state index in [2.05, 4.69) is 62.3 Å². The Labute approximate surface area is 186 Å². The molecule has 0 spiro atoms. The van der Waals surface area contributed by atoms with E-state index in [1.54, 1.807) is 6.33 Å². The summed E-state index contributed by atoms with van der Waals surface area (Å²) in [5.41, 5.74) is 6.04. The van der Waals surface area contributed by atoms with Gasteiger partial charge in [0.1, 0.15) is 12.1 Å². The van der Waals surface area contributed by atoms with Gasteiger partial charge in [-0.3, -0.25) is 15.0 Å². The molecule has 6 nitrogen and oxygen atoms in total. The van der Waals surface area contributed by atoms with Crippen LogP contribution in [-0.4, -0.2) is 31.5 Å². The molecule has 0 saturated carbocycles. The number of nitrogens with one attached hydrogen (secondary N) is 1. The van der Waals surface area contributed by atoms with Gasteiger partial charge in [-0.05, 0) is 53.8 Å². The fourth-order valence-corrected chi connectivity index (χ4v) is 3.96. The molecule has 1 N–H and O–H groups in total. The Morgan fingerprint density at radius 2 is 1.62 bits per heavy atom. The summed E-state index contributed by atoms with van der Waals surface area (Å²) >= 11 is 0. The van der Waals surface area contributed by atoms with Crippen LogP contribution in [-0.2, 0) is 0 Å². The zero-order valence-electron chi connectivity index (χ0n) is 18.1. The molecule has 5 aromatic rings. The molecule has 0 aliphatic carbocycles. The third-order valence-corrected chi connectivity index (χ3v) is 6.04. The minimum atomic E-state index is 0.317. The van der Waals surface area contributed by atoms with Crippen molar-refractivity contribution in [1.29, 1.82) is 0 Å². The van der Waals surface area contributed by atoms with Crippen molar-refractivity contribution in [3.8, 4) is 11.3 Å². The molecular weight excluding hydrogens is 396 g/mol. The minimum absolute atomic E-state index is 0.317. The number of anilines is 1. The van der Waals surface area contributed by atoms with E-state index in [0.29, 0.717) is 11.8 Å². The molecule has 5 rings (SSSR count). The van der Waals surface area contributed by atoms with Crippen molar-refractivity contribution >= 4 is 27.8 Å². The van der Waals surface area contributed by atoms with Gasteiger partial charge < -0.3 is 5.32 Å². The third-order valence-electron chi connectivity index (χ3n) is 6.04. The van der Waals surface area contributed by atoms with Crippen LogP contribution >= 0.6 is 0 Å². The highest BCUT2D eigenvalue weighted by Crippen LogP contribution is 2.29. The Morgan fingerprint density at radius 3 is 2.56 bits per heavy atom. The van der Waals surface area contributed by atoms with E-state index in [0.717, 1.165) is 45.6 Å². The average molecular weight is 421 g/mol. The zero-order chi connectivity index (χ0) is 21.9. The van der Waals surface area contributed by atoms with Crippen LogP contribution < -0.4 is 5.32 Å². The number of nitrogens with zero attached hydrogens (tertiary/aromatic N) is 5. The van der Waals surface area contributed by atoms with E-state index in [9.17, 15) is 0 Å². The van der Waals surface area contributed by atoms with Gasteiger partial charge >= 0.3 is 0 Å². The van der Waals surface area contributed by atoms with Gasteiger partial charge in [0.05, 0.1) is 22.2 Å². The first-order chi connectivity index (χ1) is 15.7. The molecule has 1 unspecified atom stereocenters. The zero-order valence-corrected chi connectivity index (χ0v) is 18.1. The Kier molecular flexibility index (Phi) is 5.42. The lowest BCUT2D eigenvalue weighted by Crippen LogP contribution is -2.18. The van der Waals surface area contributed by atoms with Crippen molar-refractivity contribution in [1.82, 2.24) is 24.9 Å². The lowest BCUT2D eigenvalue weighted by Gasteiger charge is -2.22. The van der Waals surface area contributed by atoms with Crippen LogP contribution in [0.2, 0.25) is 0 Å². The number of aromatic nitrogens is 5. The quantitative estimate of drug-likeness (QED) is 0.392. The monoisotopic (exact) mass is 420 g/mol. The second-order valence-electron chi connectivity index (χ2n) is 8.12. The molecule has 32 heavy (non-hydrogen) atoms. The maximum Gasteiger partial charge on any atom is 0.129 e. The van der Waals surface area contributed by atoms with Crippen LogP contribution in [0.15, 0.2) is 79.5 Å². The normalized spacial score (nSPS) is 13.2. The van der Waals surface area contributed by atoms with E-state index >= 15 is 0 Å². The SMILES string of the molecule is CC(c1ccnc2cccnc12)[C@H](C)CNc1cc(-c2ccc3ncccc3c2)ncn1. The lowest BCUT2D eigenvalue weighted by atomic mass is 9.88. The van der Waals surface area contributed by atoms with Gasteiger partial charge in [0, 0.05) is 42.2 Å². The van der Waals surface area contributed by atoms with Crippen LogP contribution in [0.4, 0.5) is 5.82 Å². The first-order valence-electron chi connectivity index (χ1n) is 10.8. The molecule has 4 aromatic heterocycles. The van der Waals surface area contributed by atoms with Gasteiger partial charge in [-0.2, -0.15) is 0 Å². The maximum absolute atomic E-state index is 4.56. The van der Waals surface area contributed by atoms with Crippen molar-refractivity contribution in [2.45, 2.75) is 19.8 Å². The standard InChI is InChI=1S/C26H24N6/c1-17(18(2)21-9-12-28-23-6-4-11-29-26(21)23)15-30-25-14-24(31-16-32-25)20-7-8-22-19(13-20)5-3-10-27-22/h3-14,16-18H,15H2,1-2H3,(H,30,31,32)/t17-,18?/m1/s1. The fourth-order valence-electron chi connectivity index (χ4n) is 3.96. The van der Waals surface area contributed by atoms with Crippen molar-refractivity contribution < 1.29 is 0 Å². The predicted molar refractivity (Wildman–Crippen MR) is 128 cm³/mol. The third kappa shape index (κ3) is 3.99. The molecule has 158 valence electrons. The first-order valence-corrected chi connectivity index (χ1v) is 10.8. The Bertz CT molecular complexity index is 1380. The first kappa shape index (κ1) is 20.0. The molecule has 0 aliphatic heterocycles. The highest BCUT2D eigenvalue weighted by atomic mass is 15.0. The van der Waals surface area contributed by atoms with E-state index in [-0.39, 0.29) is 0 Å². The fraction of sp³-hybridized carbons (Fsp3) is 0.192. The van der Waals surface area contributed by atoms with E-state index in [1.807, 2.05) is 55.0 Å². The summed E-state index contributed by atoms with van der Waals surface area (Å²) in [4.78, 5) is 22.3. The Hall–Kier alpha value is -3.93. The minimum Gasteiger partial charge on any atom is -0.370 e. The molecule has 0 bridgehead atoms. The van der Waals surface area contributed by atoms with Crippen molar-refractivity contribution in [3.05, 3.63) is 85.1 Å². The molecule has 6 heteroatoms. The number of rotatable bonds is 6. The van der Waals surface area contributed by atoms with Gasteiger partial charge in [-0.15, -0.1) is 0 Å². The van der Waals surface area contributed by atoms with Gasteiger partial charge in [0.15, 0.2) is 0 Å². The number of fused-ring (bicyclic) bond motifs is 2. The lowest BCUT2D eigenvalue weighted by molar-refractivity contribution is 0.513. The van der Waals surface area contributed by atoms with Crippen molar-refractivity contribution in [2.75, 3.05) is 11.9 Å². The number of benzene rings is 1. The summed E-state index contributed by atoms with van der Waals surface area (Å²) in [6.07, 6.45) is 7.11. The second kappa shape index (κ2) is 8.67. The van der Waals surface area contributed by atoms with Gasteiger partial charge in [0.2, 0.25) is 0 Å². The highest BCUT2D eigenvalue weighted by Gasteiger charge is 2.18. The Morgan fingerprint density at radius 1 is 0.781 bits per heavy atom. The molecule has 0 saturated heterocycles. The van der Waals surface area contributed by atoms with E-state index in [1.165, 1.54) is 5.56 Å². The largest absolute Gasteiger partial charge is 0.370 e. The van der Waals surface area contributed by atoms with E-state index < -0.39 is 0 Å². The molecule has 0 amide bonds. The van der Waals surface area contributed by atoms with Crippen LogP contribution in [0.1, 0.15) is 25.3 Å². The van der Waals surface area contributed by atoms with Gasteiger partial charge in [-0.1, -0.05) is 26.0 Å². The molecule has 0 fully saturated rings. The van der Waals surface area contributed by atoms with Crippen molar-refractivity contribution in [2.24, 2.45) is 5.92 Å². The summed E-state index contributed by atoms with van der Waals surface area (Å²) in [6, 6.07) is 18.2.